The maximum Gasteiger partial charge on any atom is 0.451 e. The predicted octanol–water partition coefficient (Wildman–Crippen LogP) is 1.17. The minimum atomic E-state index is -4.64. The fourth-order valence-electron chi connectivity index (χ4n) is 4.10. The molecule has 14 heteroatoms. The third kappa shape index (κ3) is 6.31. The molecular weight excluding hydrogens is 472 g/mol. The highest BCUT2D eigenvalue weighted by Gasteiger charge is 2.36. The smallest absolute Gasteiger partial charge is 0.391 e. The zero-order valence-corrected chi connectivity index (χ0v) is 18.7. The first kappa shape index (κ1) is 25.0. The number of amides is 1. The second-order valence-corrected chi connectivity index (χ2v) is 8.83. The molecule has 190 valence electrons. The normalized spacial score (nSPS) is 21.1. The van der Waals surface area contributed by atoms with Crippen LogP contribution in [-0.2, 0) is 17.5 Å². The zero-order chi connectivity index (χ0) is 25.2. The van der Waals surface area contributed by atoms with E-state index in [1.165, 1.54) is 6.33 Å². The molecule has 2 atom stereocenters. The molecule has 4 N–H and O–H groups in total. The van der Waals surface area contributed by atoms with Crippen molar-refractivity contribution in [2.45, 2.75) is 44.1 Å². The van der Waals surface area contributed by atoms with Gasteiger partial charge < -0.3 is 21.1 Å². The van der Waals surface area contributed by atoms with Gasteiger partial charge in [-0.25, -0.2) is 19.9 Å². The molecule has 1 saturated carbocycles. The number of rotatable bonds is 9. The number of carbonyl (C=O) groups is 1. The Bertz CT molecular complexity index is 1030. The molecule has 2 fully saturated rings. The summed E-state index contributed by atoms with van der Waals surface area (Å²) in [4.78, 5) is 29.3. The fraction of sp³-hybridized carbons (Fsp3) is 0.571. The van der Waals surface area contributed by atoms with Crippen molar-refractivity contribution in [3.05, 3.63) is 35.9 Å². The molecule has 35 heavy (non-hydrogen) atoms. The quantitative estimate of drug-likeness (QED) is 0.436. The Kier molecular flexibility index (Phi) is 7.31. The van der Waals surface area contributed by atoms with Crippen LogP contribution in [0, 0.1) is 11.7 Å². The summed E-state index contributed by atoms with van der Waals surface area (Å²) in [7, 11) is 0. The van der Waals surface area contributed by atoms with Gasteiger partial charge >= 0.3 is 6.18 Å². The number of anilines is 2. The number of aromatic nitrogens is 4. The van der Waals surface area contributed by atoms with E-state index in [0.29, 0.717) is 18.5 Å². The van der Waals surface area contributed by atoms with Gasteiger partial charge in [0.2, 0.25) is 17.5 Å². The topological polar surface area (TPSA) is 133 Å². The van der Waals surface area contributed by atoms with Crippen LogP contribution < -0.4 is 16.0 Å². The van der Waals surface area contributed by atoms with Gasteiger partial charge in [0.25, 0.3) is 0 Å². The first-order valence-corrected chi connectivity index (χ1v) is 11.2. The van der Waals surface area contributed by atoms with Crippen LogP contribution in [0.25, 0.3) is 0 Å². The van der Waals surface area contributed by atoms with E-state index in [-0.39, 0.29) is 49.8 Å². The van der Waals surface area contributed by atoms with E-state index in [9.17, 15) is 23.1 Å². The summed E-state index contributed by atoms with van der Waals surface area (Å²) in [6.45, 7) is 1.29. The van der Waals surface area contributed by atoms with Gasteiger partial charge in [-0.15, -0.1) is 0 Å². The highest BCUT2D eigenvalue weighted by Crippen LogP contribution is 2.35. The molecule has 0 radical (unpaired) electrons. The van der Waals surface area contributed by atoms with Crippen LogP contribution in [0.2, 0.25) is 0 Å². The van der Waals surface area contributed by atoms with Crippen molar-refractivity contribution in [2.75, 3.05) is 36.4 Å². The monoisotopic (exact) mass is 498 g/mol. The average molecular weight is 498 g/mol. The highest BCUT2D eigenvalue weighted by molar-refractivity contribution is 5.75. The largest absolute Gasteiger partial charge is 0.451 e. The van der Waals surface area contributed by atoms with Gasteiger partial charge in [0.15, 0.2) is 11.6 Å². The van der Waals surface area contributed by atoms with Gasteiger partial charge in [-0.05, 0) is 25.8 Å². The van der Waals surface area contributed by atoms with Crippen molar-refractivity contribution >= 4 is 17.5 Å². The van der Waals surface area contributed by atoms with E-state index in [2.05, 4.69) is 25.3 Å². The second-order valence-electron chi connectivity index (χ2n) is 8.83. The number of likely N-dealkylation sites (tertiary alicyclic amines) is 1. The zero-order valence-electron chi connectivity index (χ0n) is 18.7. The lowest BCUT2D eigenvalue weighted by molar-refractivity contribution is -0.145. The van der Waals surface area contributed by atoms with Crippen LogP contribution >= 0.6 is 0 Å². The molecule has 0 bridgehead atoms. The van der Waals surface area contributed by atoms with Gasteiger partial charge in [0, 0.05) is 49.6 Å². The maximum absolute atomic E-state index is 15.4. The summed E-state index contributed by atoms with van der Waals surface area (Å²) < 4.78 is 53.6. The molecule has 1 aliphatic carbocycles. The number of nitrogens with one attached hydrogen (secondary N) is 1. The SMILES string of the molecule is NC(=O)CN1CC[C@@H](CNc2ncnc(N(Cc3cnc(C(F)(F)F)nc3)C3CC3)c2F)[C@H](O)C1. The Morgan fingerprint density at radius 3 is 2.51 bits per heavy atom. The lowest BCUT2D eigenvalue weighted by atomic mass is 9.93. The number of primary amides is 1. The number of halogens is 4. The van der Waals surface area contributed by atoms with Gasteiger partial charge in [-0.1, -0.05) is 0 Å². The molecule has 2 aliphatic rings. The standard InChI is InChI=1S/C21H26F4N8O2/c22-17-18(27-7-13-3-4-32(9-15(13)34)10-16(26)35)30-11-31-19(17)33(14-1-2-14)8-12-5-28-20(29-6-12)21(23,24)25/h5-6,11,13-15,34H,1-4,7-10H2,(H2,26,35)(H,27,30,31)/t13-,15+/m0/s1. The van der Waals surface area contributed by atoms with Crippen molar-refractivity contribution in [1.29, 1.82) is 0 Å². The van der Waals surface area contributed by atoms with E-state index in [0.717, 1.165) is 25.2 Å². The number of hydrogen-bond donors (Lipinski definition) is 3. The summed E-state index contributed by atoms with van der Waals surface area (Å²) in [5.41, 5.74) is 5.60. The molecule has 1 saturated heterocycles. The van der Waals surface area contributed by atoms with Crippen molar-refractivity contribution < 1.29 is 27.5 Å². The molecule has 1 aliphatic heterocycles. The van der Waals surface area contributed by atoms with Gasteiger partial charge in [-0.2, -0.15) is 17.6 Å². The van der Waals surface area contributed by atoms with Gasteiger partial charge in [-0.3, -0.25) is 9.69 Å². The number of aliphatic hydroxyl groups is 1. The number of carbonyl (C=O) groups excluding carboxylic acids is 1. The summed E-state index contributed by atoms with van der Waals surface area (Å²) in [5, 5.41) is 13.3. The van der Waals surface area contributed by atoms with Crippen LogP contribution in [-0.4, -0.2) is 74.2 Å². The lowest BCUT2D eigenvalue weighted by Crippen LogP contribution is -2.48. The third-order valence-electron chi connectivity index (χ3n) is 6.06. The summed E-state index contributed by atoms with van der Waals surface area (Å²) >= 11 is 0. The van der Waals surface area contributed by atoms with Gasteiger partial charge in [0.05, 0.1) is 12.6 Å². The number of nitrogens with two attached hydrogens (primary N) is 1. The van der Waals surface area contributed by atoms with Crippen LogP contribution in [0.15, 0.2) is 18.7 Å². The summed E-state index contributed by atoms with van der Waals surface area (Å²) in [6.07, 6.45) is 0.190. The van der Waals surface area contributed by atoms with Gasteiger partial charge in [0.1, 0.15) is 6.33 Å². The molecular formula is C21H26F4N8O2. The Labute approximate surface area is 198 Å². The van der Waals surface area contributed by atoms with Crippen LogP contribution in [0.3, 0.4) is 0 Å². The molecule has 2 aromatic rings. The second kappa shape index (κ2) is 10.2. The van der Waals surface area contributed by atoms with Crippen molar-refractivity contribution in [1.82, 2.24) is 24.8 Å². The number of alkyl halides is 3. The third-order valence-corrected chi connectivity index (χ3v) is 6.06. The molecule has 2 aromatic heterocycles. The van der Waals surface area contributed by atoms with Crippen LogP contribution in [0.1, 0.15) is 30.7 Å². The Hall–Kier alpha value is -3.13. The predicted molar refractivity (Wildman–Crippen MR) is 116 cm³/mol. The van der Waals surface area contributed by atoms with E-state index < -0.39 is 29.8 Å². The number of nitrogens with zero attached hydrogens (tertiary/aromatic N) is 6. The van der Waals surface area contributed by atoms with E-state index in [1.54, 1.807) is 9.80 Å². The molecule has 0 spiro atoms. The molecule has 4 rings (SSSR count). The Balaban J connectivity index is 1.42. The molecule has 10 nitrogen and oxygen atoms in total. The van der Waals surface area contributed by atoms with Crippen molar-refractivity contribution in [3.8, 4) is 0 Å². The number of β-amino-alcohol motifs (C(OH)–C–C–N with tert-alkyl or cyclic N) is 1. The fourth-order valence-corrected chi connectivity index (χ4v) is 4.10. The maximum atomic E-state index is 15.4. The number of hydrogen-bond acceptors (Lipinski definition) is 9. The van der Waals surface area contributed by atoms with Crippen molar-refractivity contribution in [3.63, 3.8) is 0 Å². The molecule has 0 aromatic carbocycles. The average Bonchev–Trinajstić information content (AvgIpc) is 3.63. The van der Waals surface area contributed by atoms with E-state index >= 15 is 4.39 Å². The number of piperidine rings is 1. The number of aliphatic hydroxyl groups excluding tert-OH is 1. The Morgan fingerprint density at radius 1 is 1.20 bits per heavy atom. The minimum Gasteiger partial charge on any atom is -0.391 e. The molecule has 0 unspecified atom stereocenters. The minimum absolute atomic E-state index is 0.00838. The lowest BCUT2D eigenvalue weighted by Gasteiger charge is -2.35. The highest BCUT2D eigenvalue weighted by atomic mass is 19.4. The van der Waals surface area contributed by atoms with Crippen molar-refractivity contribution in [2.24, 2.45) is 11.7 Å². The Morgan fingerprint density at radius 2 is 1.91 bits per heavy atom. The van der Waals surface area contributed by atoms with E-state index in [1.807, 2.05) is 0 Å². The first-order chi connectivity index (χ1) is 16.6. The van der Waals surface area contributed by atoms with Crippen LogP contribution in [0.5, 0.6) is 0 Å². The van der Waals surface area contributed by atoms with Crippen LogP contribution in [0.4, 0.5) is 29.2 Å². The summed E-state index contributed by atoms with van der Waals surface area (Å²) in [6, 6.07) is -0.00838. The summed E-state index contributed by atoms with van der Waals surface area (Å²) in [5.74, 6) is -2.57. The first-order valence-electron chi connectivity index (χ1n) is 11.2. The van der Waals surface area contributed by atoms with E-state index in [4.69, 9.17) is 5.73 Å². The molecule has 3 heterocycles. The molecule has 1 amide bonds.